The van der Waals surface area contributed by atoms with Crippen LogP contribution in [0.2, 0.25) is 10.0 Å². The van der Waals surface area contributed by atoms with Crippen LogP contribution in [0.25, 0.3) is 0 Å². The van der Waals surface area contributed by atoms with Crippen molar-refractivity contribution < 1.29 is 17.9 Å². The number of hydrogen-bond acceptors (Lipinski definition) is 4. The second-order valence-electron chi connectivity index (χ2n) is 6.25. The smallest absolute Gasteiger partial charge is 0.255 e. The van der Waals surface area contributed by atoms with Crippen LogP contribution in [0.3, 0.4) is 0 Å². The minimum Gasteiger partial charge on any atom is -0.379 e. The average Bonchev–Trinajstić information content (AvgIpc) is 2.71. The van der Waals surface area contributed by atoms with E-state index in [1.54, 1.807) is 30.3 Å². The molecule has 9 heteroatoms. The van der Waals surface area contributed by atoms with Gasteiger partial charge in [-0.3, -0.25) is 4.79 Å². The number of rotatable bonds is 5. The number of halogens is 2. The van der Waals surface area contributed by atoms with E-state index in [1.807, 2.05) is 6.92 Å². The third kappa shape index (κ3) is 4.34. The van der Waals surface area contributed by atoms with Crippen LogP contribution in [-0.2, 0) is 21.2 Å². The lowest BCUT2D eigenvalue weighted by Gasteiger charge is -2.27. The number of nitrogens with zero attached hydrogens (tertiary/aromatic N) is 1. The molecular formula is C19H20Cl2N2O4S. The molecule has 1 amide bonds. The zero-order chi connectivity index (χ0) is 20.3. The van der Waals surface area contributed by atoms with Gasteiger partial charge < -0.3 is 10.1 Å². The molecule has 6 nitrogen and oxygen atoms in total. The predicted octanol–water partition coefficient (Wildman–Crippen LogP) is 3.83. The van der Waals surface area contributed by atoms with E-state index in [0.717, 1.165) is 0 Å². The summed E-state index contributed by atoms with van der Waals surface area (Å²) < 4.78 is 32.8. The Labute approximate surface area is 174 Å². The van der Waals surface area contributed by atoms with Gasteiger partial charge in [-0.05, 0) is 36.2 Å². The molecule has 2 aromatic carbocycles. The van der Waals surface area contributed by atoms with Gasteiger partial charge in [0.25, 0.3) is 5.91 Å². The molecule has 0 atom stereocenters. The fraction of sp³-hybridized carbons (Fsp3) is 0.316. The van der Waals surface area contributed by atoms with Crippen LogP contribution in [0.1, 0.15) is 22.8 Å². The van der Waals surface area contributed by atoms with E-state index in [2.05, 4.69) is 5.32 Å². The summed E-state index contributed by atoms with van der Waals surface area (Å²) in [5, 5.41) is 3.22. The van der Waals surface area contributed by atoms with Crippen molar-refractivity contribution in [3.05, 3.63) is 57.6 Å². The summed E-state index contributed by atoms with van der Waals surface area (Å²) >= 11 is 12.1. The van der Waals surface area contributed by atoms with Crippen molar-refractivity contribution in [2.24, 2.45) is 0 Å². The SMILES string of the molecule is CCc1ccc(C(=O)Nc2cccc(Cl)c2Cl)cc1S(=O)(=O)N1CCOCC1. The molecule has 150 valence electrons. The van der Waals surface area contributed by atoms with Crippen molar-refractivity contribution in [2.45, 2.75) is 18.2 Å². The minimum absolute atomic E-state index is 0.141. The van der Waals surface area contributed by atoms with Crippen LogP contribution in [0.4, 0.5) is 5.69 Å². The molecule has 2 aromatic rings. The maximum Gasteiger partial charge on any atom is 0.255 e. The quantitative estimate of drug-likeness (QED) is 0.762. The van der Waals surface area contributed by atoms with Gasteiger partial charge in [0.2, 0.25) is 10.0 Å². The lowest BCUT2D eigenvalue weighted by Crippen LogP contribution is -2.41. The standard InChI is InChI=1S/C19H20Cl2N2O4S/c1-2-13-6-7-14(19(24)22-16-5-3-4-15(20)18(16)21)12-17(13)28(25,26)23-8-10-27-11-9-23/h3-7,12H,2,8-11H2,1H3,(H,22,24). The summed E-state index contributed by atoms with van der Waals surface area (Å²) in [5.74, 6) is -0.467. The van der Waals surface area contributed by atoms with Crippen molar-refractivity contribution in [1.82, 2.24) is 4.31 Å². The topological polar surface area (TPSA) is 75.7 Å². The number of nitrogens with one attached hydrogen (secondary N) is 1. The number of ether oxygens (including phenoxy) is 1. The largest absolute Gasteiger partial charge is 0.379 e. The molecule has 0 spiro atoms. The molecule has 0 unspecified atom stereocenters. The summed E-state index contributed by atoms with van der Waals surface area (Å²) in [4.78, 5) is 12.8. The van der Waals surface area contributed by atoms with Gasteiger partial charge in [0, 0.05) is 18.7 Å². The Balaban J connectivity index is 1.94. The lowest BCUT2D eigenvalue weighted by atomic mass is 10.1. The van der Waals surface area contributed by atoms with E-state index in [0.29, 0.717) is 49.0 Å². The zero-order valence-corrected chi connectivity index (χ0v) is 17.6. The van der Waals surface area contributed by atoms with Gasteiger partial charge >= 0.3 is 0 Å². The summed E-state index contributed by atoms with van der Waals surface area (Å²) in [6.07, 6.45) is 0.529. The summed E-state index contributed by atoms with van der Waals surface area (Å²) in [7, 11) is -3.72. The molecule has 0 aromatic heterocycles. The van der Waals surface area contributed by atoms with Crippen LogP contribution in [0.15, 0.2) is 41.3 Å². The van der Waals surface area contributed by atoms with Gasteiger partial charge in [0.1, 0.15) is 0 Å². The molecular weight excluding hydrogens is 423 g/mol. The molecule has 0 aliphatic carbocycles. The Morgan fingerprint density at radius 2 is 1.89 bits per heavy atom. The Morgan fingerprint density at radius 3 is 2.57 bits per heavy atom. The van der Waals surface area contributed by atoms with Crippen molar-refractivity contribution in [2.75, 3.05) is 31.6 Å². The van der Waals surface area contributed by atoms with Crippen LogP contribution in [0.5, 0.6) is 0 Å². The van der Waals surface area contributed by atoms with Gasteiger partial charge in [-0.2, -0.15) is 4.31 Å². The van der Waals surface area contributed by atoms with Crippen molar-refractivity contribution >= 4 is 44.8 Å². The van der Waals surface area contributed by atoms with E-state index < -0.39 is 15.9 Å². The molecule has 0 saturated carbocycles. The Bertz CT molecular complexity index is 989. The number of carbonyl (C=O) groups excluding carboxylic acids is 1. The van der Waals surface area contributed by atoms with Crippen LogP contribution >= 0.6 is 23.2 Å². The number of morpholine rings is 1. The highest BCUT2D eigenvalue weighted by Gasteiger charge is 2.29. The highest BCUT2D eigenvalue weighted by Crippen LogP contribution is 2.30. The third-order valence-corrected chi connectivity index (χ3v) is 7.30. The Hall–Kier alpha value is -1.64. The van der Waals surface area contributed by atoms with E-state index in [9.17, 15) is 13.2 Å². The van der Waals surface area contributed by atoms with Gasteiger partial charge in [-0.15, -0.1) is 0 Å². The first-order valence-electron chi connectivity index (χ1n) is 8.80. The summed E-state index contributed by atoms with van der Waals surface area (Å²) in [6, 6.07) is 9.59. The van der Waals surface area contributed by atoms with Crippen molar-refractivity contribution in [1.29, 1.82) is 0 Å². The van der Waals surface area contributed by atoms with Crippen LogP contribution < -0.4 is 5.32 Å². The number of hydrogen-bond donors (Lipinski definition) is 1. The molecule has 1 aliphatic rings. The molecule has 1 N–H and O–H groups in total. The number of carbonyl (C=O) groups is 1. The number of amides is 1. The average molecular weight is 443 g/mol. The molecule has 28 heavy (non-hydrogen) atoms. The first kappa shape index (κ1) is 21.1. The second kappa shape index (κ2) is 8.80. The molecule has 1 heterocycles. The summed E-state index contributed by atoms with van der Waals surface area (Å²) in [5.41, 5.74) is 1.24. The molecule has 0 radical (unpaired) electrons. The highest BCUT2D eigenvalue weighted by molar-refractivity contribution is 7.89. The Kier molecular flexibility index (Phi) is 6.62. The zero-order valence-electron chi connectivity index (χ0n) is 15.2. The first-order chi connectivity index (χ1) is 13.3. The second-order valence-corrected chi connectivity index (χ2v) is 8.94. The van der Waals surface area contributed by atoms with Crippen molar-refractivity contribution in [3.8, 4) is 0 Å². The van der Waals surface area contributed by atoms with Crippen LogP contribution in [0, 0.1) is 0 Å². The van der Waals surface area contributed by atoms with E-state index >= 15 is 0 Å². The van der Waals surface area contributed by atoms with Gasteiger partial charge in [-0.1, -0.05) is 42.3 Å². The molecule has 1 fully saturated rings. The highest BCUT2D eigenvalue weighted by atomic mass is 35.5. The maximum absolute atomic E-state index is 13.1. The lowest BCUT2D eigenvalue weighted by molar-refractivity contribution is 0.0730. The number of benzene rings is 2. The maximum atomic E-state index is 13.1. The van der Waals surface area contributed by atoms with E-state index in [4.69, 9.17) is 27.9 Å². The monoisotopic (exact) mass is 442 g/mol. The first-order valence-corrected chi connectivity index (χ1v) is 11.0. The fourth-order valence-electron chi connectivity index (χ4n) is 2.95. The van der Waals surface area contributed by atoms with Gasteiger partial charge in [0.05, 0.1) is 33.8 Å². The third-order valence-electron chi connectivity index (χ3n) is 4.50. The molecule has 3 rings (SSSR count). The molecule has 1 saturated heterocycles. The molecule has 1 aliphatic heterocycles. The number of sulfonamides is 1. The summed E-state index contributed by atoms with van der Waals surface area (Å²) in [6.45, 7) is 3.17. The van der Waals surface area contributed by atoms with Crippen LogP contribution in [-0.4, -0.2) is 44.9 Å². The van der Waals surface area contributed by atoms with E-state index in [1.165, 1.54) is 10.4 Å². The van der Waals surface area contributed by atoms with E-state index in [-0.39, 0.29) is 15.5 Å². The number of aryl methyl sites for hydroxylation is 1. The van der Waals surface area contributed by atoms with Gasteiger partial charge in [-0.25, -0.2) is 8.42 Å². The van der Waals surface area contributed by atoms with Gasteiger partial charge in [0.15, 0.2) is 0 Å². The normalized spacial score (nSPS) is 15.4. The Morgan fingerprint density at radius 1 is 1.18 bits per heavy atom. The minimum atomic E-state index is -3.72. The van der Waals surface area contributed by atoms with Crippen molar-refractivity contribution in [3.63, 3.8) is 0 Å². The molecule has 0 bridgehead atoms. The number of anilines is 1. The predicted molar refractivity (Wildman–Crippen MR) is 110 cm³/mol. The fourth-order valence-corrected chi connectivity index (χ4v) is 5.02.